The zero-order valence-corrected chi connectivity index (χ0v) is 12.1. The third-order valence-electron chi connectivity index (χ3n) is 2.88. The third kappa shape index (κ3) is 3.95. The topological polar surface area (TPSA) is 60.5 Å². The average Bonchev–Trinajstić information content (AvgIpc) is 2.54. The van der Waals surface area contributed by atoms with Crippen LogP contribution in [-0.4, -0.2) is 24.6 Å². The first-order valence-electron chi connectivity index (χ1n) is 6.73. The second kappa shape index (κ2) is 7.28. The van der Waals surface area contributed by atoms with Crippen LogP contribution in [0.15, 0.2) is 42.6 Å². The number of carbonyl (C=O) groups is 1. The Balaban J connectivity index is 2.05. The van der Waals surface area contributed by atoms with Gasteiger partial charge in [0.25, 0.3) is 5.91 Å². The van der Waals surface area contributed by atoms with Gasteiger partial charge in [-0.25, -0.2) is 0 Å². The molecule has 0 saturated heterocycles. The highest BCUT2D eigenvalue weighted by Crippen LogP contribution is 2.27. The molecular weight excluding hydrogens is 268 g/mol. The molecule has 2 rings (SSSR count). The quantitative estimate of drug-likeness (QED) is 0.886. The molecule has 5 heteroatoms. The maximum atomic E-state index is 12.1. The maximum absolute atomic E-state index is 12.1. The minimum atomic E-state index is -0.179. The van der Waals surface area contributed by atoms with Gasteiger partial charge in [-0.2, -0.15) is 0 Å². The lowest BCUT2D eigenvalue weighted by Gasteiger charge is -2.11. The van der Waals surface area contributed by atoms with E-state index in [4.69, 9.17) is 9.47 Å². The van der Waals surface area contributed by atoms with Gasteiger partial charge in [-0.3, -0.25) is 9.78 Å². The van der Waals surface area contributed by atoms with E-state index in [9.17, 15) is 4.79 Å². The Labute approximate surface area is 123 Å². The van der Waals surface area contributed by atoms with Crippen molar-refractivity contribution in [2.75, 3.05) is 13.7 Å². The van der Waals surface area contributed by atoms with Crippen LogP contribution in [0.4, 0.5) is 0 Å². The molecule has 0 unspecified atom stereocenters. The normalized spacial score (nSPS) is 10.0. The molecule has 0 fully saturated rings. The summed E-state index contributed by atoms with van der Waals surface area (Å²) >= 11 is 0. The minimum Gasteiger partial charge on any atom is -0.493 e. The number of methoxy groups -OCH3 is 1. The van der Waals surface area contributed by atoms with Crippen LogP contribution in [0.1, 0.15) is 23.0 Å². The Morgan fingerprint density at radius 2 is 2.10 bits per heavy atom. The lowest BCUT2D eigenvalue weighted by molar-refractivity contribution is 0.0950. The molecule has 21 heavy (non-hydrogen) atoms. The van der Waals surface area contributed by atoms with E-state index in [0.717, 1.165) is 5.69 Å². The largest absolute Gasteiger partial charge is 0.493 e. The summed E-state index contributed by atoms with van der Waals surface area (Å²) in [5.41, 5.74) is 1.33. The van der Waals surface area contributed by atoms with Crippen LogP contribution < -0.4 is 14.8 Å². The van der Waals surface area contributed by atoms with Gasteiger partial charge in [0.2, 0.25) is 0 Å². The van der Waals surface area contributed by atoms with Gasteiger partial charge in [0.1, 0.15) is 0 Å². The van der Waals surface area contributed by atoms with E-state index in [2.05, 4.69) is 10.3 Å². The van der Waals surface area contributed by atoms with Crippen molar-refractivity contribution in [1.82, 2.24) is 10.3 Å². The van der Waals surface area contributed by atoms with Crippen LogP contribution in [0, 0.1) is 0 Å². The summed E-state index contributed by atoms with van der Waals surface area (Å²) in [5.74, 6) is 0.991. The molecule has 0 spiro atoms. The fourth-order valence-corrected chi connectivity index (χ4v) is 1.86. The number of aromatic nitrogens is 1. The Morgan fingerprint density at radius 1 is 1.24 bits per heavy atom. The van der Waals surface area contributed by atoms with Crippen LogP contribution in [0.5, 0.6) is 11.5 Å². The standard InChI is InChI=1S/C16H18N2O3/c1-3-21-14-8-7-12(10-15(14)20-2)16(19)18-11-13-6-4-5-9-17-13/h4-10H,3,11H2,1-2H3,(H,18,19). The Bertz CT molecular complexity index is 600. The van der Waals surface area contributed by atoms with Crippen LogP contribution in [0.2, 0.25) is 0 Å². The predicted octanol–water partition coefficient (Wildman–Crippen LogP) is 2.42. The van der Waals surface area contributed by atoms with Crippen LogP contribution in [-0.2, 0) is 6.54 Å². The van der Waals surface area contributed by atoms with Gasteiger partial charge >= 0.3 is 0 Å². The number of carbonyl (C=O) groups excluding carboxylic acids is 1. The molecule has 0 aliphatic rings. The second-order valence-electron chi connectivity index (χ2n) is 4.30. The van der Waals surface area contributed by atoms with E-state index in [1.807, 2.05) is 25.1 Å². The minimum absolute atomic E-state index is 0.179. The predicted molar refractivity (Wildman–Crippen MR) is 79.6 cm³/mol. The number of pyridine rings is 1. The summed E-state index contributed by atoms with van der Waals surface area (Å²) in [4.78, 5) is 16.3. The van der Waals surface area contributed by atoms with Crippen molar-refractivity contribution >= 4 is 5.91 Å². The third-order valence-corrected chi connectivity index (χ3v) is 2.88. The van der Waals surface area contributed by atoms with E-state index in [-0.39, 0.29) is 5.91 Å². The molecule has 1 aromatic heterocycles. The molecule has 5 nitrogen and oxygen atoms in total. The van der Waals surface area contributed by atoms with Gasteiger partial charge in [0.15, 0.2) is 11.5 Å². The number of nitrogens with zero attached hydrogens (tertiary/aromatic N) is 1. The molecule has 1 amide bonds. The molecule has 110 valence electrons. The van der Waals surface area contributed by atoms with Crippen molar-refractivity contribution in [3.05, 3.63) is 53.9 Å². The van der Waals surface area contributed by atoms with Crippen molar-refractivity contribution in [2.24, 2.45) is 0 Å². The molecular formula is C16H18N2O3. The highest BCUT2D eigenvalue weighted by molar-refractivity contribution is 5.94. The van der Waals surface area contributed by atoms with E-state index < -0.39 is 0 Å². The van der Waals surface area contributed by atoms with Crippen molar-refractivity contribution < 1.29 is 14.3 Å². The zero-order chi connectivity index (χ0) is 15.1. The Kier molecular flexibility index (Phi) is 5.15. The van der Waals surface area contributed by atoms with Gasteiger partial charge in [0.05, 0.1) is 26.0 Å². The van der Waals surface area contributed by atoms with Crippen molar-refractivity contribution in [3.8, 4) is 11.5 Å². The van der Waals surface area contributed by atoms with Gasteiger partial charge in [-0.15, -0.1) is 0 Å². The summed E-state index contributed by atoms with van der Waals surface area (Å²) < 4.78 is 10.7. The molecule has 0 atom stereocenters. The van der Waals surface area contributed by atoms with E-state index in [1.165, 1.54) is 0 Å². The van der Waals surface area contributed by atoms with Gasteiger partial charge in [-0.05, 0) is 37.3 Å². The lowest BCUT2D eigenvalue weighted by Crippen LogP contribution is -2.23. The molecule has 1 N–H and O–H groups in total. The van der Waals surface area contributed by atoms with Gasteiger partial charge in [-0.1, -0.05) is 6.07 Å². The van der Waals surface area contributed by atoms with Crippen LogP contribution in [0.3, 0.4) is 0 Å². The number of rotatable bonds is 6. The number of hydrogen-bond acceptors (Lipinski definition) is 4. The fraction of sp³-hybridized carbons (Fsp3) is 0.250. The van der Waals surface area contributed by atoms with E-state index in [1.54, 1.807) is 31.5 Å². The van der Waals surface area contributed by atoms with E-state index in [0.29, 0.717) is 30.2 Å². The molecule has 2 aromatic rings. The smallest absolute Gasteiger partial charge is 0.251 e. The number of hydrogen-bond donors (Lipinski definition) is 1. The molecule has 0 aliphatic heterocycles. The Morgan fingerprint density at radius 3 is 2.76 bits per heavy atom. The average molecular weight is 286 g/mol. The van der Waals surface area contributed by atoms with E-state index >= 15 is 0 Å². The first-order valence-corrected chi connectivity index (χ1v) is 6.73. The molecule has 0 radical (unpaired) electrons. The highest BCUT2D eigenvalue weighted by atomic mass is 16.5. The molecule has 1 aromatic carbocycles. The summed E-state index contributed by atoms with van der Waals surface area (Å²) in [7, 11) is 1.55. The van der Waals surface area contributed by atoms with Crippen LogP contribution >= 0.6 is 0 Å². The monoisotopic (exact) mass is 286 g/mol. The summed E-state index contributed by atoms with van der Waals surface area (Å²) in [6, 6.07) is 10.7. The van der Waals surface area contributed by atoms with Gasteiger partial charge < -0.3 is 14.8 Å². The molecule has 0 aliphatic carbocycles. The highest BCUT2D eigenvalue weighted by Gasteiger charge is 2.10. The fourth-order valence-electron chi connectivity index (χ4n) is 1.86. The SMILES string of the molecule is CCOc1ccc(C(=O)NCc2ccccn2)cc1OC. The molecule has 0 saturated carbocycles. The molecule has 1 heterocycles. The lowest BCUT2D eigenvalue weighted by atomic mass is 10.2. The molecule has 0 bridgehead atoms. The summed E-state index contributed by atoms with van der Waals surface area (Å²) in [5, 5.41) is 2.82. The van der Waals surface area contributed by atoms with Crippen molar-refractivity contribution in [3.63, 3.8) is 0 Å². The Hall–Kier alpha value is -2.56. The summed E-state index contributed by atoms with van der Waals surface area (Å²) in [6.45, 7) is 2.82. The number of ether oxygens (including phenoxy) is 2. The van der Waals surface area contributed by atoms with Crippen molar-refractivity contribution in [1.29, 1.82) is 0 Å². The van der Waals surface area contributed by atoms with Crippen molar-refractivity contribution in [2.45, 2.75) is 13.5 Å². The van der Waals surface area contributed by atoms with Crippen LogP contribution in [0.25, 0.3) is 0 Å². The van der Waals surface area contributed by atoms with Gasteiger partial charge in [0, 0.05) is 11.8 Å². The second-order valence-corrected chi connectivity index (χ2v) is 4.30. The number of nitrogens with one attached hydrogen (secondary N) is 1. The maximum Gasteiger partial charge on any atom is 0.251 e. The first kappa shape index (κ1) is 14.8. The first-order chi connectivity index (χ1) is 10.2. The number of amides is 1. The summed E-state index contributed by atoms with van der Waals surface area (Å²) in [6.07, 6.45) is 1.70. The number of benzene rings is 1. The zero-order valence-electron chi connectivity index (χ0n) is 12.1.